The third-order valence-electron chi connectivity index (χ3n) is 2.46. The second-order valence-electron chi connectivity index (χ2n) is 4.59. The van der Waals surface area contributed by atoms with Gasteiger partial charge in [-0.25, -0.2) is 4.79 Å². The van der Waals surface area contributed by atoms with Gasteiger partial charge in [0.1, 0.15) is 0 Å². The molecule has 1 atom stereocenters. The maximum absolute atomic E-state index is 12.0. The molecule has 106 valence electrons. The quantitative estimate of drug-likeness (QED) is 0.711. The van der Waals surface area contributed by atoms with Crippen LogP contribution in [0, 0.1) is 0 Å². The highest BCUT2D eigenvalue weighted by atomic mass is 32.2. The molecule has 1 unspecified atom stereocenters. The van der Waals surface area contributed by atoms with Gasteiger partial charge < -0.3 is 15.3 Å². The van der Waals surface area contributed by atoms with Gasteiger partial charge in [0.2, 0.25) is 0 Å². The van der Waals surface area contributed by atoms with Gasteiger partial charge in [-0.15, -0.1) is 0 Å². The van der Waals surface area contributed by atoms with E-state index in [4.69, 9.17) is 5.11 Å². The molecule has 0 radical (unpaired) electrons. The van der Waals surface area contributed by atoms with Crippen LogP contribution in [0.1, 0.15) is 33.6 Å². The van der Waals surface area contributed by atoms with Gasteiger partial charge in [0.05, 0.1) is 0 Å². The van der Waals surface area contributed by atoms with E-state index in [0.717, 1.165) is 5.75 Å². The van der Waals surface area contributed by atoms with Crippen molar-refractivity contribution in [1.82, 2.24) is 10.2 Å². The van der Waals surface area contributed by atoms with Gasteiger partial charge in [0.15, 0.2) is 0 Å². The van der Waals surface area contributed by atoms with Crippen molar-refractivity contribution in [2.24, 2.45) is 0 Å². The fourth-order valence-electron chi connectivity index (χ4n) is 1.58. The number of hydrogen-bond donors (Lipinski definition) is 2. The summed E-state index contributed by atoms with van der Waals surface area (Å²) in [6.45, 7) is 6.30. The number of nitrogens with one attached hydrogen (secondary N) is 1. The Morgan fingerprint density at radius 2 is 1.94 bits per heavy atom. The molecule has 0 aliphatic carbocycles. The Balaban J connectivity index is 4.23. The Labute approximate surface area is 113 Å². The number of carbonyl (C=O) groups is 2. The predicted octanol–water partition coefficient (Wildman–Crippen LogP) is 2.02. The summed E-state index contributed by atoms with van der Waals surface area (Å²) in [6, 6.07) is 0.0745. The number of carboxylic acids is 1. The molecule has 0 spiro atoms. The van der Waals surface area contributed by atoms with E-state index in [1.54, 1.807) is 16.7 Å². The summed E-state index contributed by atoms with van der Waals surface area (Å²) in [6.07, 6.45) is 2.57. The molecule has 18 heavy (non-hydrogen) atoms. The van der Waals surface area contributed by atoms with Crippen LogP contribution in [0.25, 0.3) is 0 Å². The molecule has 0 fully saturated rings. The second kappa shape index (κ2) is 9.08. The summed E-state index contributed by atoms with van der Waals surface area (Å²) in [5.41, 5.74) is 0. The van der Waals surface area contributed by atoms with Gasteiger partial charge in [-0.1, -0.05) is 0 Å². The zero-order valence-corrected chi connectivity index (χ0v) is 12.4. The maximum atomic E-state index is 12.0. The average molecular weight is 276 g/mol. The van der Waals surface area contributed by atoms with Gasteiger partial charge in [0.25, 0.3) is 0 Å². The average Bonchev–Trinajstić information content (AvgIpc) is 2.23. The summed E-state index contributed by atoms with van der Waals surface area (Å²) >= 11 is 1.68. The molecule has 0 aromatic rings. The summed E-state index contributed by atoms with van der Waals surface area (Å²) in [5.74, 6) is 0.0437. The van der Waals surface area contributed by atoms with Crippen molar-refractivity contribution in [2.45, 2.75) is 45.7 Å². The lowest BCUT2D eigenvalue weighted by molar-refractivity contribution is -0.137. The molecule has 0 saturated carbocycles. The SMILES string of the molecule is CSCC(C)NC(=O)N(CCCC(=O)O)C(C)C. The van der Waals surface area contributed by atoms with Crippen LogP contribution in [-0.2, 0) is 4.79 Å². The maximum Gasteiger partial charge on any atom is 0.317 e. The van der Waals surface area contributed by atoms with E-state index in [1.165, 1.54) is 0 Å². The van der Waals surface area contributed by atoms with Crippen LogP contribution in [0.4, 0.5) is 4.79 Å². The number of carboxylic acid groups (broad SMARTS) is 1. The monoisotopic (exact) mass is 276 g/mol. The Bertz CT molecular complexity index is 272. The highest BCUT2D eigenvalue weighted by molar-refractivity contribution is 7.98. The summed E-state index contributed by atoms with van der Waals surface area (Å²) in [7, 11) is 0. The lowest BCUT2D eigenvalue weighted by Gasteiger charge is -2.28. The largest absolute Gasteiger partial charge is 0.481 e. The molecule has 0 heterocycles. The van der Waals surface area contributed by atoms with Crippen LogP contribution >= 0.6 is 11.8 Å². The molecule has 2 N–H and O–H groups in total. The van der Waals surface area contributed by atoms with Crippen molar-refractivity contribution in [1.29, 1.82) is 0 Å². The van der Waals surface area contributed by atoms with Crippen LogP contribution < -0.4 is 5.32 Å². The van der Waals surface area contributed by atoms with E-state index in [0.29, 0.717) is 13.0 Å². The number of carbonyl (C=O) groups excluding carboxylic acids is 1. The number of aliphatic carboxylic acids is 1. The van der Waals surface area contributed by atoms with Crippen LogP contribution in [0.2, 0.25) is 0 Å². The zero-order chi connectivity index (χ0) is 14.1. The number of urea groups is 1. The molecule has 0 bridgehead atoms. The summed E-state index contributed by atoms with van der Waals surface area (Å²) in [5, 5.41) is 11.5. The fraction of sp³-hybridized carbons (Fsp3) is 0.833. The number of hydrogen-bond acceptors (Lipinski definition) is 3. The predicted molar refractivity (Wildman–Crippen MR) is 75.1 cm³/mol. The van der Waals surface area contributed by atoms with Gasteiger partial charge in [-0.05, 0) is 33.4 Å². The van der Waals surface area contributed by atoms with Gasteiger partial charge in [0, 0.05) is 30.8 Å². The number of rotatable bonds is 8. The molecule has 0 saturated heterocycles. The van der Waals surface area contributed by atoms with Crippen molar-refractivity contribution in [3.05, 3.63) is 0 Å². The molecule has 2 amide bonds. The summed E-state index contributed by atoms with van der Waals surface area (Å²) < 4.78 is 0. The highest BCUT2D eigenvalue weighted by Gasteiger charge is 2.18. The third-order valence-corrected chi connectivity index (χ3v) is 3.29. The van der Waals surface area contributed by atoms with Crippen molar-refractivity contribution in [3.63, 3.8) is 0 Å². The molecular weight excluding hydrogens is 252 g/mol. The fourth-order valence-corrected chi connectivity index (χ4v) is 2.16. The van der Waals surface area contributed by atoms with E-state index >= 15 is 0 Å². The van der Waals surface area contributed by atoms with Crippen LogP contribution in [0.15, 0.2) is 0 Å². The number of nitrogens with zero attached hydrogens (tertiary/aromatic N) is 1. The first-order chi connectivity index (χ1) is 8.38. The molecule has 5 nitrogen and oxygen atoms in total. The standard InChI is InChI=1S/C12H24N2O3S/c1-9(2)14(7-5-6-11(15)16)12(17)13-10(3)8-18-4/h9-10H,5-8H2,1-4H3,(H,13,17)(H,15,16). The van der Waals surface area contributed by atoms with Gasteiger partial charge in [-0.2, -0.15) is 11.8 Å². The van der Waals surface area contributed by atoms with E-state index in [1.807, 2.05) is 27.0 Å². The van der Waals surface area contributed by atoms with Crippen molar-refractivity contribution >= 4 is 23.8 Å². The highest BCUT2D eigenvalue weighted by Crippen LogP contribution is 2.04. The second-order valence-corrected chi connectivity index (χ2v) is 5.50. The molecule has 0 aromatic heterocycles. The Morgan fingerprint density at radius 3 is 2.39 bits per heavy atom. The summed E-state index contributed by atoms with van der Waals surface area (Å²) in [4.78, 5) is 24.1. The molecule has 0 aromatic carbocycles. The van der Waals surface area contributed by atoms with Gasteiger partial charge >= 0.3 is 12.0 Å². The molecule has 6 heteroatoms. The Kier molecular flexibility index (Phi) is 8.62. The van der Waals surface area contributed by atoms with E-state index in [-0.39, 0.29) is 24.5 Å². The molecule has 0 aliphatic heterocycles. The first-order valence-electron chi connectivity index (χ1n) is 6.16. The number of amides is 2. The number of thioether (sulfide) groups is 1. The van der Waals surface area contributed by atoms with Crippen molar-refractivity contribution in [3.8, 4) is 0 Å². The smallest absolute Gasteiger partial charge is 0.317 e. The lowest BCUT2D eigenvalue weighted by Crippen LogP contribution is -2.48. The first-order valence-corrected chi connectivity index (χ1v) is 7.55. The molecule has 0 rings (SSSR count). The minimum absolute atomic E-state index is 0.0697. The van der Waals surface area contributed by atoms with E-state index in [9.17, 15) is 9.59 Å². The van der Waals surface area contributed by atoms with Crippen molar-refractivity contribution in [2.75, 3.05) is 18.6 Å². The van der Waals surface area contributed by atoms with E-state index in [2.05, 4.69) is 5.32 Å². The van der Waals surface area contributed by atoms with Crippen molar-refractivity contribution < 1.29 is 14.7 Å². The Morgan fingerprint density at radius 1 is 1.33 bits per heavy atom. The minimum atomic E-state index is -0.824. The minimum Gasteiger partial charge on any atom is -0.481 e. The van der Waals surface area contributed by atoms with Crippen LogP contribution in [0.3, 0.4) is 0 Å². The third kappa shape index (κ3) is 7.42. The topological polar surface area (TPSA) is 69.6 Å². The first kappa shape index (κ1) is 17.1. The Hall–Kier alpha value is -0.910. The van der Waals surface area contributed by atoms with Crippen LogP contribution in [-0.4, -0.2) is 52.6 Å². The normalized spacial score (nSPS) is 12.3. The van der Waals surface area contributed by atoms with Gasteiger partial charge in [-0.3, -0.25) is 4.79 Å². The zero-order valence-electron chi connectivity index (χ0n) is 11.6. The van der Waals surface area contributed by atoms with E-state index < -0.39 is 5.97 Å². The van der Waals surface area contributed by atoms with Crippen LogP contribution in [0.5, 0.6) is 0 Å². The molecular formula is C12H24N2O3S. The molecule has 0 aliphatic rings. The lowest BCUT2D eigenvalue weighted by atomic mass is 10.2.